The molecule has 11 atom stereocenters. The molecule has 2 aliphatic carbocycles. The number of rotatable bonds is 11. The van der Waals surface area contributed by atoms with E-state index in [4.69, 9.17) is 14.2 Å². The van der Waals surface area contributed by atoms with Gasteiger partial charge in [0.2, 0.25) is 11.8 Å². The molecule has 0 bridgehead atoms. The number of aromatic nitrogens is 3. The van der Waals surface area contributed by atoms with Crippen molar-refractivity contribution in [1.29, 1.82) is 0 Å². The van der Waals surface area contributed by atoms with Crippen LogP contribution in [0.15, 0.2) is 24.5 Å². The maximum atomic E-state index is 15.2. The van der Waals surface area contributed by atoms with Gasteiger partial charge >= 0.3 is 12.2 Å². The number of morpholine rings is 1. The summed E-state index contributed by atoms with van der Waals surface area (Å²) in [5.41, 5.74) is 3.25. The molecule has 352 valence electrons. The summed E-state index contributed by atoms with van der Waals surface area (Å²) in [5, 5.41) is 5.05. The zero-order valence-electron chi connectivity index (χ0n) is 37.5. The van der Waals surface area contributed by atoms with Crippen molar-refractivity contribution in [3.05, 3.63) is 53.0 Å². The molecule has 6 heterocycles. The Morgan fingerprint density at radius 2 is 1.45 bits per heavy atom. The fraction of sp³-hybridized carbons (Fsp3) is 0.711. The highest BCUT2D eigenvalue weighted by molar-refractivity contribution is 5.87. The standard InChI is InChI=1S/C45H62F4N8O7/c1-8-24-15-28(51-37(24)31-17-44(46,47)20-56(31)40(58)35(22(2)3)53-42(60)62-6)25-9-11-30-34(16-25)64-33-12-10-26(27-13-14-55(30)38(27)33)29-19-50-39(52-29)32-18-45(48,49)21-57(32)41(59)36(23(4)5)54-43(61)63-7/h13-15,19,22-23,25-27,30-36,38,51H,8-12,16-18,20-21H2,1-7H3,(H,50,52)(H,53,60)(H,54,61). The number of ether oxygens (including phenoxy) is 3. The summed E-state index contributed by atoms with van der Waals surface area (Å²) in [7, 11) is 2.37. The van der Waals surface area contributed by atoms with E-state index in [1.54, 1.807) is 33.9 Å². The predicted octanol–water partition coefficient (Wildman–Crippen LogP) is 6.67. The monoisotopic (exact) mass is 902 g/mol. The Bertz CT molecular complexity index is 2110. The van der Waals surface area contributed by atoms with Crippen LogP contribution in [0, 0.1) is 17.8 Å². The number of hydrogen-bond donors (Lipinski definition) is 4. The Morgan fingerprint density at radius 3 is 2.05 bits per heavy atom. The highest BCUT2D eigenvalue weighted by Gasteiger charge is 2.55. The van der Waals surface area contributed by atoms with E-state index >= 15 is 17.6 Å². The van der Waals surface area contributed by atoms with Crippen LogP contribution in [-0.2, 0) is 30.2 Å². The molecule has 5 fully saturated rings. The fourth-order valence-corrected chi connectivity index (χ4v) is 11.5. The van der Waals surface area contributed by atoms with E-state index < -0.39 is 85.9 Å². The van der Waals surface area contributed by atoms with Gasteiger partial charge in [-0.15, -0.1) is 0 Å². The lowest BCUT2D eigenvalue weighted by molar-refractivity contribution is -0.168. The van der Waals surface area contributed by atoms with Crippen LogP contribution in [0.25, 0.3) is 0 Å². The van der Waals surface area contributed by atoms with Gasteiger partial charge in [-0.05, 0) is 68.2 Å². The number of hydrogen-bond acceptors (Lipinski definition) is 9. The zero-order valence-corrected chi connectivity index (χ0v) is 37.5. The summed E-state index contributed by atoms with van der Waals surface area (Å²) < 4.78 is 76.9. The number of nitrogens with zero attached hydrogens (tertiary/aromatic N) is 4. The number of alkyl carbamates (subject to hydrolysis) is 2. The lowest BCUT2D eigenvalue weighted by Crippen LogP contribution is -2.62. The van der Waals surface area contributed by atoms with Crippen molar-refractivity contribution >= 4 is 24.0 Å². The van der Waals surface area contributed by atoms with E-state index in [0.29, 0.717) is 12.1 Å². The number of fused-ring (bicyclic) bond motifs is 2. The van der Waals surface area contributed by atoms with Crippen molar-refractivity contribution < 1.29 is 51.0 Å². The molecule has 4 N–H and O–H groups in total. The van der Waals surface area contributed by atoms with Crippen molar-refractivity contribution in [2.75, 3.05) is 27.3 Å². The minimum Gasteiger partial charge on any atom is -0.453 e. The number of amides is 4. The number of likely N-dealkylation sites (tertiary alicyclic amines) is 2. The molecule has 11 unspecified atom stereocenters. The summed E-state index contributed by atoms with van der Waals surface area (Å²) in [6.07, 6.45) is 7.79. The number of aryl methyl sites for hydroxylation is 1. The van der Waals surface area contributed by atoms with Crippen molar-refractivity contribution in [2.24, 2.45) is 17.8 Å². The number of carbonyl (C=O) groups is 4. The quantitative estimate of drug-likeness (QED) is 0.180. The molecule has 3 saturated heterocycles. The van der Waals surface area contributed by atoms with Gasteiger partial charge in [0.15, 0.2) is 0 Å². The third-order valence-electron chi connectivity index (χ3n) is 14.6. The average Bonchev–Trinajstić information content (AvgIpc) is 4.10. The number of imidazole rings is 1. The highest BCUT2D eigenvalue weighted by atomic mass is 19.3. The molecule has 6 aliphatic rings. The minimum absolute atomic E-state index is 0.0157. The summed E-state index contributed by atoms with van der Waals surface area (Å²) in [5.74, 6) is -7.72. The number of carbonyl (C=O) groups excluding carboxylic acids is 4. The molecule has 2 aromatic heterocycles. The number of alkyl halides is 4. The van der Waals surface area contributed by atoms with Crippen LogP contribution < -0.4 is 10.6 Å². The SMILES string of the molecule is CCc1cc(C2CCC3C(C2)OC2CCC(c4cnc(C5CC(F)(F)CN5C(=O)C(NC(=O)OC)C(C)C)[nH]4)C4C=CN3C24)[nH]c1C1CC(F)(F)CN1C(=O)C(NC(=O)OC)C(C)C. The van der Waals surface area contributed by atoms with Crippen LogP contribution in [0.3, 0.4) is 0 Å². The van der Waals surface area contributed by atoms with E-state index in [2.05, 4.69) is 48.8 Å². The Morgan fingerprint density at radius 1 is 0.844 bits per heavy atom. The first-order chi connectivity index (χ1) is 30.3. The summed E-state index contributed by atoms with van der Waals surface area (Å²) in [4.78, 5) is 68.0. The van der Waals surface area contributed by atoms with Crippen LogP contribution in [0.5, 0.6) is 0 Å². The first kappa shape index (κ1) is 45.7. The topological polar surface area (TPSA) is 174 Å². The number of nitrogens with one attached hydrogen (secondary N) is 4. The van der Waals surface area contributed by atoms with Gasteiger partial charge < -0.3 is 49.5 Å². The Labute approximate surface area is 370 Å². The van der Waals surface area contributed by atoms with E-state index in [9.17, 15) is 19.2 Å². The molecule has 0 aromatic carbocycles. The second-order valence-corrected chi connectivity index (χ2v) is 19.4. The normalized spacial score (nSPS) is 31.1. The molecule has 4 aliphatic heterocycles. The van der Waals surface area contributed by atoms with Gasteiger partial charge in [0.1, 0.15) is 17.9 Å². The smallest absolute Gasteiger partial charge is 0.407 e. The first-order valence-electron chi connectivity index (χ1n) is 22.8. The van der Waals surface area contributed by atoms with Crippen LogP contribution in [0.4, 0.5) is 27.2 Å². The molecule has 2 aromatic rings. The third-order valence-corrected chi connectivity index (χ3v) is 14.6. The minimum atomic E-state index is -3.14. The molecule has 0 radical (unpaired) electrons. The van der Waals surface area contributed by atoms with E-state index in [1.165, 1.54) is 19.1 Å². The zero-order chi connectivity index (χ0) is 46.0. The lowest BCUT2D eigenvalue weighted by Gasteiger charge is -2.54. The van der Waals surface area contributed by atoms with E-state index in [-0.39, 0.29) is 59.7 Å². The van der Waals surface area contributed by atoms with Gasteiger partial charge in [-0.25, -0.2) is 32.1 Å². The maximum absolute atomic E-state index is 15.2. The number of methoxy groups -OCH3 is 2. The van der Waals surface area contributed by atoms with Gasteiger partial charge in [-0.1, -0.05) is 40.7 Å². The molecule has 8 rings (SSSR count). The lowest BCUT2D eigenvalue weighted by atomic mass is 9.71. The number of aromatic amines is 2. The van der Waals surface area contributed by atoms with Gasteiger partial charge in [0, 0.05) is 53.9 Å². The largest absolute Gasteiger partial charge is 0.453 e. The molecule has 0 spiro atoms. The second kappa shape index (κ2) is 17.5. The number of halogens is 4. The van der Waals surface area contributed by atoms with Crippen LogP contribution in [0.1, 0.15) is 132 Å². The summed E-state index contributed by atoms with van der Waals surface area (Å²) in [6.45, 7) is 7.40. The molecule has 15 nitrogen and oxygen atoms in total. The Kier molecular flexibility index (Phi) is 12.5. The molecule has 64 heavy (non-hydrogen) atoms. The van der Waals surface area contributed by atoms with Crippen molar-refractivity contribution in [1.82, 2.24) is 40.3 Å². The summed E-state index contributed by atoms with van der Waals surface area (Å²) >= 11 is 0. The van der Waals surface area contributed by atoms with Crippen molar-refractivity contribution in [3.63, 3.8) is 0 Å². The second-order valence-electron chi connectivity index (χ2n) is 19.4. The first-order valence-corrected chi connectivity index (χ1v) is 22.8. The van der Waals surface area contributed by atoms with E-state index in [1.807, 2.05) is 6.92 Å². The Hall–Kier alpha value is -4.81. The molecular weight excluding hydrogens is 841 g/mol. The molecular formula is C45H62F4N8O7. The summed E-state index contributed by atoms with van der Waals surface area (Å²) in [6, 6.07) is -1.72. The average molecular weight is 903 g/mol. The van der Waals surface area contributed by atoms with Crippen LogP contribution in [-0.4, -0.2) is 129 Å². The number of H-pyrrole nitrogens is 2. The van der Waals surface area contributed by atoms with Gasteiger partial charge in [0.25, 0.3) is 11.8 Å². The maximum Gasteiger partial charge on any atom is 0.407 e. The van der Waals surface area contributed by atoms with Crippen LogP contribution in [0.2, 0.25) is 0 Å². The molecule has 19 heteroatoms. The van der Waals surface area contributed by atoms with Crippen molar-refractivity contribution in [3.8, 4) is 0 Å². The third kappa shape index (κ3) is 8.57. The fourth-order valence-electron chi connectivity index (χ4n) is 11.5. The van der Waals surface area contributed by atoms with Crippen molar-refractivity contribution in [2.45, 2.75) is 158 Å². The van der Waals surface area contributed by atoms with E-state index in [0.717, 1.165) is 54.0 Å². The van der Waals surface area contributed by atoms with Gasteiger partial charge in [-0.3, -0.25) is 9.59 Å². The molecule has 2 saturated carbocycles. The van der Waals surface area contributed by atoms with Gasteiger partial charge in [-0.2, -0.15) is 0 Å². The van der Waals surface area contributed by atoms with Crippen LogP contribution >= 0.6 is 0 Å². The molecule has 4 amide bonds. The van der Waals surface area contributed by atoms with Gasteiger partial charge in [0.05, 0.1) is 63.7 Å². The Balaban J connectivity index is 0.954. The highest BCUT2D eigenvalue weighted by Crippen LogP contribution is 2.52. The predicted molar refractivity (Wildman–Crippen MR) is 224 cm³/mol.